The molecule has 0 aromatic heterocycles. The predicted octanol–water partition coefficient (Wildman–Crippen LogP) is 3.25. The van der Waals surface area contributed by atoms with Gasteiger partial charge in [0.2, 0.25) is 5.91 Å². The van der Waals surface area contributed by atoms with E-state index in [9.17, 15) is 19.5 Å². The standard InChI is InChI=1S/C22H20N2O4S/c1-14(25)23(16-10-6-3-7-11-16)19-17-12-18(20(22(27)28)24(17)21(19)26)29-13-15-8-4-2-5-9-15/h2-11,17,19H,12-13H2,1H3,(H,27,28). The summed E-state index contributed by atoms with van der Waals surface area (Å²) < 4.78 is 0. The molecule has 7 heteroatoms. The van der Waals surface area contributed by atoms with Gasteiger partial charge in [-0.3, -0.25) is 19.4 Å². The first-order chi connectivity index (χ1) is 14.0. The van der Waals surface area contributed by atoms with E-state index < -0.39 is 12.0 Å². The Morgan fingerprint density at radius 1 is 1.10 bits per heavy atom. The molecular formula is C22H20N2O4S. The molecule has 4 rings (SSSR count). The van der Waals surface area contributed by atoms with Gasteiger partial charge in [-0.2, -0.15) is 0 Å². The molecule has 1 saturated heterocycles. The maximum absolute atomic E-state index is 12.9. The third kappa shape index (κ3) is 3.42. The van der Waals surface area contributed by atoms with Crippen molar-refractivity contribution in [2.45, 2.75) is 31.2 Å². The van der Waals surface area contributed by atoms with Crippen molar-refractivity contribution in [1.29, 1.82) is 0 Å². The topological polar surface area (TPSA) is 77.9 Å². The van der Waals surface area contributed by atoms with Crippen molar-refractivity contribution in [2.75, 3.05) is 4.90 Å². The molecular weight excluding hydrogens is 388 g/mol. The second-order valence-electron chi connectivity index (χ2n) is 7.00. The number of hydrogen-bond donors (Lipinski definition) is 1. The number of benzene rings is 2. The zero-order chi connectivity index (χ0) is 20.5. The number of carboxylic acids is 1. The fourth-order valence-corrected chi connectivity index (χ4v) is 5.08. The molecule has 2 unspecified atom stereocenters. The van der Waals surface area contributed by atoms with Crippen LogP contribution >= 0.6 is 11.8 Å². The van der Waals surface area contributed by atoms with Gasteiger partial charge < -0.3 is 5.11 Å². The summed E-state index contributed by atoms with van der Waals surface area (Å²) in [5.74, 6) is -1.07. The highest BCUT2D eigenvalue weighted by Gasteiger charge is 2.58. The van der Waals surface area contributed by atoms with Crippen LogP contribution < -0.4 is 4.90 Å². The first-order valence-electron chi connectivity index (χ1n) is 9.30. The molecule has 2 aromatic carbocycles. The summed E-state index contributed by atoms with van der Waals surface area (Å²) in [6, 6.07) is 17.8. The third-order valence-corrected chi connectivity index (χ3v) is 6.38. The first-order valence-corrected chi connectivity index (χ1v) is 10.3. The van der Waals surface area contributed by atoms with E-state index in [2.05, 4.69) is 0 Å². The second kappa shape index (κ2) is 7.75. The van der Waals surface area contributed by atoms with Gasteiger partial charge in [-0.15, -0.1) is 11.8 Å². The molecule has 0 aliphatic carbocycles. The summed E-state index contributed by atoms with van der Waals surface area (Å²) in [5, 5.41) is 9.73. The largest absolute Gasteiger partial charge is 0.477 e. The van der Waals surface area contributed by atoms with Crippen LogP contribution in [0.5, 0.6) is 0 Å². The smallest absolute Gasteiger partial charge is 0.353 e. The van der Waals surface area contributed by atoms with Crippen molar-refractivity contribution in [1.82, 2.24) is 4.90 Å². The van der Waals surface area contributed by atoms with Crippen LogP contribution in [-0.4, -0.2) is 39.9 Å². The quantitative estimate of drug-likeness (QED) is 0.743. The number of carbonyl (C=O) groups excluding carboxylic acids is 2. The third-order valence-electron chi connectivity index (χ3n) is 5.20. The van der Waals surface area contributed by atoms with Crippen molar-refractivity contribution in [3.05, 3.63) is 76.8 Å². The Balaban J connectivity index is 1.58. The Kier molecular flexibility index (Phi) is 5.15. The molecule has 6 nitrogen and oxygen atoms in total. The van der Waals surface area contributed by atoms with Gasteiger partial charge in [-0.05, 0) is 17.7 Å². The number of fused-ring (bicyclic) bond motifs is 1. The molecule has 0 bridgehead atoms. The Morgan fingerprint density at radius 2 is 1.72 bits per heavy atom. The summed E-state index contributed by atoms with van der Waals surface area (Å²) in [6.45, 7) is 1.43. The molecule has 0 spiro atoms. The number of anilines is 1. The maximum Gasteiger partial charge on any atom is 0.353 e. The van der Waals surface area contributed by atoms with Crippen LogP contribution in [0.25, 0.3) is 0 Å². The lowest BCUT2D eigenvalue weighted by Crippen LogP contribution is -2.69. The number of para-hydroxylation sites is 1. The van der Waals surface area contributed by atoms with E-state index in [4.69, 9.17) is 0 Å². The van der Waals surface area contributed by atoms with E-state index >= 15 is 0 Å². The molecule has 2 aromatic rings. The molecule has 1 N–H and O–H groups in total. The predicted molar refractivity (Wildman–Crippen MR) is 111 cm³/mol. The zero-order valence-electron chi connectivity index (χ0n) is 15.8. The highest BCUT2D eigenvalue weighted by molar-refractivity contribution is 8.02. The van der Waals surface area contributed by atoms with E-state index in [0.717, 1.165) is 5.56 Å². The molecule has 0 saturated carbocycles. The van der Waals surface area contributed by atoms with Crippen LogP contribution in [0.4, 0.5) is 5.69 Å². The van der Waals surface area contributed by atoms with Crippen molar-refractivity contribution >= 4 is 35.2 Å². The molecule has 2 amide bonds. The molecule has 2 heterocycles. The average Bonchev–Trinajstić information content (AvgIpc) is 3.06. The number of amides is 2. The van der Waals surface area contributed by atoms with Gasteiger partial charge in [-0.25, -0.2) is 4.79 Å². The highest BCUT2D eigenvalue weighted by Crippen LogP contribution is 2.46. The Morgan fingerprint density at radius 3 is 2.31 bits per heavy atom. The number of rotatable bonds is 6. The average molecular weight is 408 g/mol. The summed E-state index contributed by atoms with van der Waals surface area (Å²) in [6.07, 6.45) is 0.437. The highest BCUT2D eigenvalue weighted by atomic mass is 32.2. The SMILES string of the molecule is CC(=O)N(c1ccccc1)C1C(=O)N2C(C(=O)O)=C(SCc3ccccc3)CC12. The molecule has 148 valence electrons. The minimum absolute atomic E-state index is 0.0498. The van der Waals surface area contributed by atoms with Crippen LogP contribution in [0.1, 0.15) is 18.9 Å². The first kappa shape index (κ1) is 19.3. The second-order valence-corrected chi connectivity index (χ2v) is 8.07. The van der Waals surface area contributed by atoms with Gasteiger partial charge >= 0.3 is 5.97 Å². The van der Waals surface area contributed by atoms with Crippen LogP contribution in [0.15, 0.2) is 71.3 Å². The fraction of sp³-hybridized carbons (Fsp3) is 0.227. The maximum atomic E-state index is 12.9. The van der Waals surface area contributed by atoms with Gasteiger partial charge in [0, 0.05) is 29.7 Å². The van der Waals surface area contributed by atoms with Gasteiger partial charge in [0.05, 0.1) is 6.04 Å². The summed E-state index contributed by atoms with van der Waals surface area (Å²) in [7, 11) is 0. The van der Waals surface area contributed by atoms with Crippen LogP contribution in [0.2, 0.25) is 0 Å². The van der Waals surface area contributed by atoms with Gasteiger partial charge in [-0.1, -0.05) is 48.5 Å². The molecule has 2 atom stereocenters. The number of thioether (sulfide) groups is 1. The molecule has 1 fully saturated rings. The number of carbonyl (C=O) groups is 3. The summed E-state index contributed by atoms with van der Waals surface area (Å²) in [5.41, 5.74) is 1.77. The van der Waals surface area contributed by atoms with E-state index in [1.807, 2.05) is 48.5 Å². The normalized spacial score (nSPS) is 20.3. The number of aliphatic carboxylic acids is 1. The van der Waals surface area contributed by atoms with Crippen molar-refractivity contribution in [3.8, 4) is 0 Å². The molecule has 29 heavy (non-hydrogen) atoms. The lowest BCUT2D eigenvalue weighted by atomic mass is 9.93. The van der Waals surface area contributed by atoms with E-state index in [1.165, 1.54) is 28.5 Å². The Bertz CT molecular complexity index is 990. The van der Waals surface area contributed by atoms with E-state index in [1.54, 1.807) is 12.1 Å². The molecule has 2 aliphatic rings. The van der Waals surface area contributed by atoms with Crippen LogP contribution in [-0.2, 0) is 20.1 Å². The Hall–Kier alpha value is -3.06. The van der Waals surface area contributed by atoms with E-state index in [-0.39, 0.29) is 23.6 Å². The van der Waals surface area contributed by atoms with Crippen molar-refractivity contribution < 1.29 is 19.5 Å². The minimum Gasteiger partial charge on any atom is -0.477 e. The van der Waals surface area contributed by atoms with E-state index in [0.29, 0.717) is 22.8 Å². The van der Waals surface area contributed by atoms with Crippen molar-refractivity contribution in [2.24, 2.45) is 0 Å². The van der Waals surface area contributed by atoms with Gasteiger partial charge in [0.1, 0.15) is 11.7 Å². The number of β-lactam (4-membered cyclic amide) rings is 1. The van der Waals surface area contributed by atoms with Crippen LogP contribution in [0, 0.1) is 0 Å². The zero-order valence-corrected chi connectivity index (χ0v) is 16.6. The Labute approximate surface area is 172 Å². The minimum atomic E-state index is -1.11. The molecule has 0 radical (unpaired) electrons. The monoisotopic (exact) mass is 408 g/mol. The number of hydrogen-bond acceptors (Lipinski definition) is 4. The summed E-state index contributed by atoms with van der Waals surface area (Å²) in [4.78, 5) is 40.7. The number of nitrogens with zero attached hydrogens (tertiary/aromatic N) is 2. The number of carboxylic acid groups (broad SMARTS) is 1. The van der Waals surface area contributed by atoms with Crippen molar-refractivity contribution in [3.63, 3.8) is 0 Å². The fourth-order valence-electron chi connectivity index (χ4n) is 3.93. The molecule has 2 aliphatic heterocycles. The van der Waals surface area contributed by atoms with Crippen LogP contribution in [0.3, 0.4) is 0 Å². The lowest BCUT2D eigenvalue weighted by molar-refractivity contribution is -0.150. The van der Waals surface area contributed by atoms with Gasteiger partial charge in [0.25, 0.3) is 5.91 Å². The summed E-state index contributed by atoms with van der Waals surface area (Å²) >= 11 is 1.44. The lowest BCUT2D eigenvalue weighted by Gasteiger charge is -2.47. The van der Waals surface area contributed by atoms with Gasteiger partial charge in [0.15, 0.2) is 0 Å².